The lowest BCUT2D eigenvalue weighted by molar-refractivity contribution is -0.385. The normalized spacial score (nSPS) is 10.4. The van der Waals surface area contributed by atoms with E-state index in [-0.39, 0.29) is 12.2 Å². The number of benzene rings is 1. The Morgan fingerprint density at radius 3 is 2.57 bits per heavy atom. The number of unbranched alkanes of at least 4 members (excludes halogenated alkanes) is 1. The molecule has 0 amide bonds. The first-order valence-corrected chi connectivity index (χ1v) is 6.89. The Hall–Kier alpha value is -1.86. The maximum absolute atomic E-state index is 11.0. The molecule has 0 aliphatic carbocycles. The number of nitro groups is 1. The van der Waals surface area contributed by atoms with Crippen molar-refractivity contribution in [2.45, 2.75) is 26.3 Å². The van der Waals surface area contributed by atoms with Crippen LogP contribution in [0.25, 0.3) is 0 Å². The topological polar surface area (TPSA) is 96.8 Å². The molecule has 0 saturated heterocycles. The summed E-state index contributed by atoms with van der Waals surface area (Å²) >= 11 is 0. The lowest BCUT2D eigenvalue weighted by Gasteiger charge is -2.12. The molecule has 0 atom stereocenters. The van der Waals surface area contributed by atoms with E-state index in [2.05, 4.69) is 6.92 Å². The largest absolute Gasteiger partial charge is 0.493 e. The lowest BCUT2D eigenvalue weighted by atomic mass is 10.1. The summed E-state index contributed by atoms with van der Waals surface area (Å²) in [7, 11) is 1.48. The number of hydrogen-bond acceptors (Lipinski definition) is 6. The minimum Gasteiger partial charge on any atom is -0.493 e. The van der Waals surface area contributed by atoms with Crippen molar-refractivity contribution in [3.63, 3.8) is 0 Å². The quantitative estimate of drug-likeness (QED) is 0.404. The minimum atomic E-state index is -0.480. The molecule has 1 aromatic carbocycles. The molecule has 2 N–H and O–H groups in total. The van der Waals surface area contributed by atoms with Gasteiger partial charge >= 0.3 is 0 Å². The van der Waals surface area contributed by atoms with Gasteiger partial charge in [0.1, 0.15) is 6.61 Å². The monoisotopic (exact) mass is 298 g/mol. The Balaban J connectivity index is 2.71. The maximum Gasteiger partial charge on any atom is 0.277 e. The van der Waals surface area contributed by atoms with Crippen molar-refractivity contribution in [1.82, 2.24) is 0 Å². The van der Waals surface area contributed by atoms with E-state index in [0.29, 0.717) is 36.9 Å². The highest BCUT2D eigenvalue weighted by molar-refractivity contribution is 5.54. The fourth-order valence-corrected chi connectivity index (χ4v) is 1.76. The summed E-state index contributed by atoms with van der Waals surface area (Å²) in [6, 6.07) is 2.87. The summed E-state index contributed by atoms with van der Waals surface area (Å²) in [5, 5.41) is 11.0. The molecule has 0 aliphatic heterocycles. The first-order chi connectivity index (χ1) is 10.1. The zero-order valence-corrected chi connectivity index (χ0v) is 12.5. The number of hydrogen-bond donors (Lipinski definition) is 1. The third-order valence-electron chi connectivity index (χ3n) is 2.91. The van der Waals surface area contributed by atoms with Gasteiger partial charge in [0, 0.05) is 18.7 Å². The van der Waals surface area contributed by atoms with Crippen LogP contribution >= 0.6 is 0 Å². The second kappa shape index (κ2) is 9.15. The van der Waals surface area contributed by atoms with E-state index >= 15 is 0 Å². The van der Waals surface area contributed by atoms with Crippen LogP contribution in [0.1, 0.15) is 25.3 Å². The Labute approximate surface area is 124 Å². The van der Waals surface area contributed by atoms with Crippen molar-refractivity contribution in [1.29, 1.82) is 0 Å². The van der Waals surface area contributed by atoms with Gasteiger partial charge in [-0.25, -0.2) is 0 Å². The van der Waals surface area contributed by atoms with Gasteiger partial charge in [0.25, 0.3) is 5.69 Å². The van der Waals surface area contributed by atoms with Crippen LogP contribution in [-0.2, 0) is 11.3 Å². The highest BCUT2D eigenvalue weighted by atomic mass is 16.6. The molecule has 118 valence electrons. The molecule has 0 unspecified atom stereocenters. The fourth-order valence-electron chi connectivity index (χ4n) is 1.76. The fraction of sp³-hybridized carbons (Fsp3) is 0.571. The second-order valence-corrected chi connectivity index (χ2v) is 4.41. The van der Waals surface area contributed by atoms with E-state index in [0.717, 1.165) is 12.8 Å². The average Bonchev–Trinajstić information content (AvgIpc) is 2.49. The van der Waals surface area contributed by atoms with Crippen LogP contribution in [-0.4, -0.2) is 31.9 Å². The van der Waals surface area contributed by atoms with Gasteiger partial charge in [-0.2, -0.15) is 0 Å². The van der Waals surface area contributed by atoms with Crippen LogP contribution < -0.4 is 15.2 Å². The Morgan fingerprint density at radius 1 is 1.24 bits per heavy atom. The van der Waals surface area contributed by atoms with Gasteiger partial charge < -0.3 is 19.9 Å². The van der Waals surface area contributed by atoms with Crippen molar-refractivity contribution < 1.29 is 19.1 Å². The van der Waals surface area contributed by atoms with Crippen molar-refractivity contribution in [2.24, 2.45) is 5.73 Å². The lowest BCUT2D eigenvalue weighted by Crippen LogP contribution is -2.09. The van der Waals surface area contributed by atoms with Crippen LogP contribution in [0.2, 0.25) is 0 Å². The molecule has 0 spiro atoms. The zero-order chi connectivity index (χ0) is 15.7. The Morgan fingerprint density at radius 2 is 2.00 bits per heavy atom. The van der Waals surface area contributed by atoms with E-state index < -0.39 is 4.92 Å². The third kappa shape index (κ3) is 5.20. The number of nitrogens with zero attached hydrogens (tertiary/aromatic N) is 1. The van der Waals surface area contributed by atoms with Crippen LogP contribution in [0, 0.1) is 10.1 Å². The summed E-state index contributed by atoms with van der Waals surface area (Å²) < 4.78 is 16.0. The molecular weight excluding hydrogens is 276 g/mol. The summed E-state index contributed by atoms with van der Waals surface area (Å²) in [6.07, 6.45) is 2.07. The van der Waals surface area contributed by atoms with E-state index in [4.69, 9.17) is 19.9 Å². The average molecular weight is 298 g/mol. The van der Waals surface area contributed by atoms with Crippen molar-refractivity contribution in [3.8, 4) is 11.5 Å². The van der Waals surface area contributed by atoms with Gasteiger partial charge in [-0.05, 0) is 12.5 Å². The van der Waals surface area contributed by atoms with Gasteiger partial charge in [0.2, 0.25) is 0 Å². The molecule has 7 nitrogen and oxygen atoms in total. The van der Waals surface area contributed by atoms with Crippen LogP contribution in [0.15, 0.2) is 12.1 Å². The molecule has 0 fully saturated rings. The van der Waals surface area contributed by atoms with Gasteiger partial charge in [0.05, 0.1) is 24.7 Å². The van der Waals surface area contributed by atoms with Gasteiger partial charge in [-0.3, -0.25) is 10.1 Å². The smallest absolute Gasteiger partial charge is 0.277 e. The zero-order valence-electron chi connectivity index (χ0n) is 12.5. The molecule has 0 aliphatic rings. The predicted octanol–water partition coefficient (Wildman–Crippen LogP) is 2.26. The molecule has 0 aromatic heterocycles. The van der Waals surface area contributed by atoms with E-state index in [9.17, 15) is 10.1 Å². The van der Waals surface area contributed by atoms with Crippen LogP contribution in [0.3, 0.4) is 0 Å². The number of nitro benzene ring substituents is 1. The summed E-state index contributed by atoms with van der Waals surface area (Å²) in [4.78, 5) is 10.5. The van der Waals surface area contributed by atoms with Gasteiger partial charge in [0.15, 0.2) is 11.5 Å². The summed E-state index contributed by atoms with van der Waals surface area (Å²) in [5.41, 5.74) is 5.85. The standard InChI is InChI=1S/C14H22N2O5/c1-3-4-5-20-6-7-21-14-9-12(16(17)18)11(10-15)8-13(14)19-2/h8-9H,3-7,10,15H2,1-2H3. The number of ether oxygens (including phenoxy) is 3. The van der Waals surface area contributed by atoms with Crippen LogP contribution in [0.5, 0.6) is 11.5 Å². The highest BCUT2D eigenvalue weighted by Crippen LogP contribution is 2.34. The predicted molar refractivity (Wildman–Crippen MR) is 78.8 cm³/mol. The molecule has 0 bridgehead atoms. The molecule has 7 heteroatoms. The molecule has 0 heterocycles. The molecular formula is C14H22N2O5. The van der Waals surface area contributed by atoms with Crippen LogP contribution in [0.4, 0.5) is 5.69 Å². The first-order valence-electron chi connectivity index (χ1n) is 6.89. The molecule has 1 aromatic rings. The first kappa shape index (κ1) is 17.2. The third-order valence-corrected chi connectivity index (χ3v) is 2.91. The highest BCUT2D eigenvalue weighted by Gasteiger charge is 2.18. The maximum atomic E-state index is 11.0. The summed E-state index contributed by atoms with van der Waals surface area (Å²) in [5.74, 6) is 0.745. The Kier molecular flexibility index (Phi) is 7.49. The molecule has 21 heavy (non-hydrogen) atoms. The summed E-state index contributed by atoms with van der Waals surface area (Å²) in [6.45, 7) is 3.56. The van der Waals surface area contributed by atoms with Crippen molar-refractivity contribution >= 4 is 5.69 Å². The van der Waals surface area contributed by atoms with Gasteiger partial charge in [-0.15, -0.1) is 0 Å². The Bertz CT molecular complexity index is 465. The SMILES string of the molecule is CCCCOCCOc1cc([N+](=O)[O-])c(CN)cc1OC. The van der Waals surface area contributed by atoms with Crippen molar-refractivity contribution in [3.05, 3.63) is 27.8 Å². The molecule has 0 radical (unpaired) electrons. The van der Waals surface area contributed by atoms with E-state index in [1.165, 1.54) is 19.2 Å². The number of methoxy groups -OCH3 is 1. The second-order valence-electron chi connectivity index (χ2n) is 4.41. The van der Waals surface area contributed by atoms with E-state index in [1.807, 2.05) is 0 Å². The molecule has 1 rings (SSSR count). The number of nitrogens with two attached hydrogens (primary N) is 1. The van der Waals surface area contributed by atoms with Gasteiger partial charge in [-0.1, -0.05) is 13.3 Å². The van der Waals surface area contributed by atoms with E-state index in [1.54, 1.807) is 0 Å². The molecule has 0 saturated carbocycles. The van der Waals surface area contributed by atoms with Crippen molar-refractivity contribution in [2.75, 3.05) is 26.9 Å². The minimum absolute atomic E-state index is 0.0626. The number of rotatable bonds is 10.